The van der Waals surface area contributed by atoms with Gasteiger partial charge in [0.15, 0.2) is 11.5 Å². The smallest absolute Gasteiger partial charge is 0.281 e. The molecule has 1 fully saturated rings. The fourth-order valence-corrected chi connectivity index (χ4v) is 4.30. The minimum absolute atomic E-state index is 0.285. The number of piperidine rings is 1. The lowest BCUT2D eigenvalue weighted by Gasteiger charge is -2.33. The quantitative estimate of drug-likeness (QED) is 0.841. The van der Waals surface area contributed by atoms with E-state index in [9.17, 15) is 8.42 Å². The fraction of sp³-hybridized carbons (Fsp3) is 0.600. The van der Waals surface area contributed by atoms with Crippen LogP contribution in [0.4, 0.5) is 0 Å². The summed E-state index contributed by atoms with van der Waals surface area (Å²) >= 11 is 0. The standard InChI is InChI=1S/C15H22N2O4S/c1-16(22(18,19)17-9-5-2-6-10-17)11-13-12-20-14-7-3-4-8-15(14)21-13/h3-4,7-8,13H,2,5-6,9-12H2,1H3/t13-/m0/s1. The highest BCUT2D eigenvalue weighted by atomic mass is 32.2. The second-order valence-electron chi connectivity index (χ2n) is 5.75. The number of likely N-dealkylation sites (N-methyl/N-ethyl adjacent to an activating group) is 1. The Balaban J connectivity index is 1.63. The Bertz CT molecular complexity index is 614. The summed E-state index contributed by atoms with van der Waals surface area (Å²) in [7, 11) is -1.80. The second-order valence-corrected chi connectivity index (χ2v) is 7.78. The van der Waals surface area contributed by atoms with Crippen LogP contribution in [0, 0.1) is 0 Å². The summed E-state index contributed by atoms with van der Waals surface area (Å²) in [6.07, 6.45) is 2.68. The van der Waals surface area contributed by atoms with Crippen molar-refractivity contribution in [1.82, 2.24) is 8.61 Å². The van der Waals surface area contributed by atoms with E-state index in [0.29, 0.717) is 31.2 Å². The molecule has 0 spiro atoms. The molecular formula is C15H22N2O4S. The Morgan fingerprint density at radius 1 is 1.18 bits per heavy atom. The number of para-hydroxylation sites is 2. The zero-order valence-electron chi connectivity index (χ0n) is 12.8. The van der Waals surface area contributed by atoms with Crippen molar-refractivity contribution in [1.29, 1.82) is 0 Å². The van der Waals surface area contributed by atoms with Crippen LogP contribution in [-0.4, -0.2) is 56.4 Å². The molecule has 6 nitrogen and oxygen atoms in total. The first kappa shape index (κ1) is 15.6. The van der Waals surface area contributed by atoms with Crippen molar-refractivity contribution in [2.45, 2.75) is 25.4 Å². The van der Waals surface area contributed by atoms with E-state index in [1.807, 2.05) is 24.3 Å². The van der Waals surface area contributed by atoms with Gasteiger partial charge in [-0.3, -0.25) is 0 Å². The summed E-state index contributed by atoms with van der Waals surface area (Å²) in [6.45, 7) is 1.86. The van der Waals surface area contributed by atoms with Gasteiger partial charge in [0.1, 0.15) is 12.7 Å². The molecule has 1 saturated heterocycles. The summed E-state index contributed by atoms with van der Waals surface area (Å²) in [4.78, 5) is 0. The summed E-state index contributed by atoms with van der Waals surface area (Å²) in [5.74, 6) is 1.38. The lowest BCUT2D eigenvalue weighted by atomic mass is 10.2. The van der Waals surface area contributed by atoms with Crippen LogP contribution in [0.3, 0.4) is 0 Å². The molecule has 2 aliphatic rings. The SMILES string of the molecule is CN(C[C@H]1COc2ccccc2O1)S(=O)(=O)N1CCCCC1. The van der Waals surface area contributed by atoms with Crippen molar-refractivity contribution in [2.24, 2.45) is 0 Å². The molecule has 0 aliphatic carbocycles. The first-order chi connectivity index (χ1) is 10.6. The molecule has 0 aromatic heterocycles. The van der Waals surface area contributed by atoms with Crippen LogP contribution in [0.15, 0.2) is 24.3 Å². The number of hydrogen-bond donors (Lipinski definition) is 0. The Morgan fingerprint density at radius 3 is 2.59 bits per heavy atom. The lowest BCUT2D eigenvalue weighted by molar-refractivity contribution is 0.0786. The van der Waals surface area contributed by atoms with Gasteiger partial charge in [0.05, 0.1) is 6.54 Å². The average molecular weight is 326 g/mol. The highest BCUT2D eigenvalue weighted by molar-refractivity contribution is 7.86. The highest BCUT2D eigenvalue weighted by Gasteiger charge is 2.31. The molecule has 0 saturated carbocycles. The second kappa shape index (κ2) is 6.44. The molecule has 0 amide bonds. The molecule has 22 heavy (non-hydrogen) atoms. The molecule has 0 unspecified atom stereocenters. The van der Waals surface area contributed by atoms with E-state index < -0.39 is 10.2 Å². The van der Waals surface area contributed by atoms with E-state index in [2.05, 4.69) is 0 Å². The zero-order chi connectivity index (χ0) is 15.6. The van der Waals surface area contributed by atoms with Gasteiger partial charge in [0.25, 0.3) is 10.2 Å². The van der Waals surface area contributed by atoms with Gasteiger partial charge in [-0.25, -0.2) is 0 Å². The van der Waals surface area contributed by atoms with Crippen LogP contribution in [0.5, 0.6) is 11.5 Å². The van der Waals surface area contributed by atoms with Gasteiger partial charge < -0.3 is 9.47 Å². The third kappa shape index (κ3) is 3.21. The summed E-state index contributed by atoms with van der Waals surface area (Å²) < 4.78 is 39.5. The molecule has 122 valence electrons. The minimum atomic E-state index is -3.41. The van der Waals surface area contributed by atoms with Crippen LogP contribution in [0.25, 0.3) is 0 Å². The maximum atomic E-state index is 12.6. The van der Waals surface area contributed by atoms with Crippen molar-refractivity contribution in [3.63, 3.8) is 0 Å². The van der Waals surface area contributed by atoms with Crippen molar-refractivity contribution < 1.29 is 17.9 Å². The highest BCUT2D eigenvalue weighted by Crippen LogP contribution is 2.31. The third-order valence-electron chi connectivity index (χ3n) is 4.06. The lowest BCUT2D eigenvalue weighted by Crippen LogP contribution is -2.48. The molecule has 1 aromatic carbocycles. The van der Waals surface area contributed by atoms with Gasteiger partial charge in [-0.1, -0.05) is 18.6 Å². The minimum Gasteiger partial charge on any atom is -0.486 e. The Kier molecular flexibility index (Phi) is 4.56. The maximum absolute atomic E-state index is 12.6. The van der Waals surface area contributed by atoms with Crippen molar-refractivity contribution >= 4 is 10.2 Å². The molecule has 0 radical (unpaired) electrons. The Morgan fingerprint density at radius 2 is 1.86 bits per heavy atom. The van der Waals surface area contributed by atoms with Crippen LogP contribution < -0.4 is 9.47 Å². The molecule has 1 aromatic rings. The molecule has 1 atom stereocenters. The number of nitrogens with zero attached hydrogens (tertiary/aromatic N) is 2. The van der Waals surface area contributed by atoms with E-state index in [4.69, 9.17) is 9.47 Å². The van der Waals surface area contributed by atoms with Gasteiger partial charge in [-0.2, -0.15) is 17.0 Å². The summed E-state index contributed by atoms with van der Waals surface area (Å²) in [6, 6.07) is 7.44. The van der Waals surface area contributed by atoms with Crippen molar-refractivity contribution in [3.05, 3.63) is 24.3 Å². The van der Waals surface area contributed by atoms with Crippen LogP contribution >= 0.6 is 0 Å². The predicted molar refractivity (Wildman–Crippen MR) is 83.3 cm³/mol. The van der Waals surface area contributed by atoms with E-state index in [1.54, 1.807) is 11.4 Å². The fourth-order valence-electron chi connectivity index (χ4n) is 2.83. The van der Waals surface area contributed by atoms with E-state index in [1.165, 1.54) is 4.31 Å². The number of ether oxygens (including phenoxy) is 2. The normalized spacial score (nSPS) is 22.7. The van der Waals surface area contributed by atoms with Gasteiger partial charge >= 0.3 is 0 Å². The number of rotatable bonds is 4. The first-order valence-corrected chi connectivity index (χ1v) is 9.07. The van der Waals surface area contributed by atoms with Crippen LogP contribution in [0.1, 0.15) is 19.3 Å². The molecular weight excluding hydrogens is 304 g/mol. The number of hydrogen-bond acceptors (Lipinski definition) is 4. The first-order valence-electron chi connectivity index (χ1n) is 7.67. The topological polar surface area (TPSA) is 59.1 Å². The monoisotopic (exact) mass is 326 g/mol. The van der Waals surface area contributed by atoms with Crippen LogP contribution in [-0.2, 0) is 10.2 Å². The molecule has 2 heterocycles. The van der Waals surface area contributed by atoms with E-state index >= 15 is 0 Å². The number of benzene rings is 1. The molecule has 2 aliphatic heterocycles. The largest absolute Gasteiger partial charge is 0.486 e. The summed E-state index contributed by atoms with van der Waals surface area (Å²) in [5, 5.41) is 0. The van der Waals surface area contributed by atoms with E-state index in [-0.39, 0.29) is 12.6 Å². The van der Waals surface area contributed by atoms with Crippen molar-refractivity contribution in [2.75, 3.05) is 33.3 Å². The molecule has 3 rings (SSSR count). The number of fused-ring (bicyclic) bond motifs is 1. The van der Waals surface area contributed by atoms with Crippen molar-refractivity contribution in [3.8, 4) is 11.5 Å². The van der Waals surface area contributed by atoms with Crippen LogP contribution in [0.2, 0.25) is 0 Å². The Labute approximate surface area is 131 Å². The van der Waals surface area contributed by atoms with Gasteiger partial charge in [0.2, 0.25) is 0 Å². The van der Waals surface area contributed by atoms with Gasteiger partial charge in [-0.15, -0.1) is 0 Å². The molecule has 0 N–H and O–H groups in total. The molecule has 0 bridgehead atoms. The van der Waals surface area contributed by atoms with Gasteiger partial charge in [-0.05, 0) is 25.0 Å². The van der Waals surface area contributed by atoms with E-state index in [0.717, 1.165) is 19.3 Å². The average Bonchev–Trinajstić information content (AvgIpc) is 2.55. The van der Waals surface area contributed by atoms with Gasteiger partial charge in [0, 0.05) is 20.1 Å². The summed E-state index contributed by atoms with van der Waals surface area (Å²) in [5.41, 5.74) is 0. The Hall–Kier alpha value is -1.31. The maximum Gasteiger partial charge on any atom is 0.281 e. The third-order valence-corrected chi connectivity index (χ3v) is 6.02. The predicted octanol–water partition coefficient (Wildman–Crippen LogP) is 1.49. The zero-order valence-corrected chi connectivity index (χ0v) is 13.6. The molecule has 7 heteroatoms.